The predicted molar refractivity (Wildman–Crippen MR) is 58.7 cm³/mol. The SMILES string of the molecule is COC(=O)C(Br)CN1CCCNCC1. The van der Waals surface area contributed by atoms with Gasteiger partial charge in [0.2, 0.25) is 0 Å². The van der Waals surface area contributed by atoms with Gasteiger partial charge in [0.25, 0.3) is 0 Å². The highest BCUT2D eigenvalue weighted by atomic mass is 79.9. The molecule has 1 N–H and O–H groups in total. The molecule has 0 aromatic heterocycles. The summed E-state index contributed by atoms with van der Waals surface area (Å²) in [6.45, 7) is 4.85. The van der Waals surface area contributed by atoms with Crippen molar-refractivity contribution >= 4 is 21.9 Å². The topological polar surface area (TPSA) is 41.6 Å². The van der Waals surface area contributed by atoms with Crippen LogP contribution in [0.5, 0.6) is 0 Å². The monoisotopic (exact) mass is 264 g/mol. The second-order valence-electron chi connectivity index (χ2n) is 3.39. The molecule has 0 saturated carbocycles. The Labute approximate surface area is 93.1 Å². The number of halogens is 1. The van der Waals surface area contributed by atoms with Crippen LogP contribution >= 0.6 is 15.9 Å². The van der Waals surface area contributed by atoms with Crippen molar-refractivity contribution < 1.29 is 9.53 Å². The van der Waals surface area contributed by atoms with Gasteiger partial charge in [-0.2, -0.15) is 0 Å². The van der Waals surface area contributed by atoms with E-state index in [9.17, 15) is 4.79 Å². The van der Waals surface area contributed by atoms with Crippen molar-refractivity contribution in [3.8, 4) is 0 Å². The Kier molecular flexibility index (Phi) is 5.44. The Balaban J connectivity index is 2.30. The summed E-state index contributed by atoms with van der Waals surface area (Å²) in [6, 6.07) is 0. The zero-order valence-electron chi connectivity index (χ0n) is 8.46. The van der Waals surface area contributed by atoms with Gasteiger partial charge in [-0.1, -0.05) is 15.9 Å². The first-order valence-corrected chi connectivity index (χ1v) is 5.80. The number of hydrogen-bond acceptors (Lipinski definition) is 4. The number of carbonyl (C=O) groups excluding carboxylic acids is 1. The number of methoxy groups -OCH3 is 1. The van der Waals surface area contributed by atoms with E-state index < -0.39 is 0 Å². The average Bonchev–Trinajstić information content (AvgIpc) is 2.45. The highest BCUT2D eigenvalue weighted by molar-refractivity contribution is 9.10. The Morgan fingerprint density at radius 3 is 3.07 bits per heavy atom. The van der Waals surface area contributed by atoms with Gasteiger partial charge in [0, 0.05) is 19.6 Å². The van der Waals surface area contributed by atoms with Crippen LogP contribution in [0.1, 0.15) is 6.42 Å². The van der Waals surface area contributed by atoms with Gasteiger partial charge < -0.3 is 15.0 Å². The van der Waals surface area contributed by atoms with Gasteiger partial charge in [-0.3, -0.25) is 4.79 Å². The smallest absolute Gasteiger partial charge is 0.320 e. The fourth-order valence-corrected chi connectivity index (χ4v) is 2.11. The molecule has 0 spiro atoms. The minimum absolute atomic E-state index is 0.192. The summed E-state index contributed by atoms with van der Waals surface area (Å²) in [5.41, 5.74) is 0. The molecule has 1 aliphatic heterocycles. The van der Waals surface area contributed by atoms with Gasteiger partial charge in [0.05, 0.1) is 7.11 Å². The molecule has 1 heterocycles. The molecule has 1 saturated heterocycles. The first-order valence-electron chi connectivity index (χ1n) is 4.89. The molecule has 5 heteroatoms. The van der Waals surface area contributed by atoms with Crippen LogP contribution < -0.4 is 5.32 Å². The van der Waals surface area contributed by atoms with E-state index in [1.54, 1.807) is 0 Å². The van der Waals surface area contributed by atoms with Gasteiger partial charge in [-0.25, -0.2) is 0 Å². The minimum Gasteiger partial charge on any atom is -0.468 e. The third-order valence-electron chi connectivity index (χ3n) is 2.31. The lowest BCUT2D eigenvalue weighted by molar-refractivity contribution is -0.140. The van der Waals surface area contributed by atoms with Crippen molar-refractivity contribution in [1.82, 2.24) is 10.2 Å². The molecule has 0 aromatic carbocycles. The van der Waals surface area contributed by atoms with Crippen LogP contribution in [-0.4, -0.2) is 55.5 Å². The predicted octanol–water partition coefficient (Wildman–Crippen LogP) is 0.218. The van der Waals surface area contributed by atoms with E-state index in [2.05, 4.69) is 30.9 Å². The Hall–Kier alpha value is -0.130. The Morgan fingerprint density at radius 2 is 2.36 bits per heavy atom. The molecule has 82 valence electrons. The highest BCUT2D eigenvalue weighted by Gasteiger charge is 2.19. The van der Waals surface area contributed by atoms with Crippen LogP contribution in [0.2, 0.25) is 0 Å². The fraction of sp³-hybridized carbons (Fsp3) is 0.889. The molecule has 0 amide bonds. The molecule has 1 aliphatic rings. The molecule has 4 nitrogen and oxygen atoms in total. The maximum Gasteiger partial charge on any atom is 0.320 e. The first-order chi connectivity index (χ1) is 6.74. The van der Waals surface area contributed by atoms with E-state index in [1.165, 1.54) is 7.11 Å². The average molecular weight is 265 g/mol. The van der Waals surface area contributed by atoms with Crippen LogP contribution in [0.15, 0.2) is 0 Å². The van der Waals surface area contributed by atoms with Crippen LogP contribution in [0.4, 0.5) is 0 Å². The van der Waals surface area contributed by atoms with Crippen molar-refractivity contribution in [2.24, 2.45) is 0 Å². The van der Waals surface area contributed by atoms with Gasteiger partial charge in [0.1, 0.15) is 4.83 Å². The summed E-state index contributed by atoms with van der Waals surface area (Å²) in [4.78, 5) is 13.2. The van der Waals surface area contributed by atoms with E-state index in [1.807, 2.05) is 0 Å². The lowest BCUT2D eigenvalue weighted by Crippen LogP contribution is -2.36. The number of nitrogens with zero attached hydrogens (tertiary/aromatic N) is 1. The van der Waals surface area contributed by atoms with Gasteiger partial charge >= 0.3 is 5.97 Å². The van der Waals surface area contributed by atoms with E-state index in [-0.39, 0.29) is 10.8 Å². The lowest BCUT2D eigenvalue weighted by Gasteiger charge is -2.21. The number of ether oxygens (including phenoxy) is 1. The number of alkyl halides is 1. The number of rotatable bonds is 3. The summed E-state index contributed by atoms with van der Waals surface area (Å²) in [5, 5.41) is 3.32. The zero-order chi connectivity index (χ0) is 10.4. The van der Waals surface area contributed by atoms with Crippen molar-refractivity contribution in [3.05, 3.63) is 0 Å². The standard InChI is InChI=1S/C9H17BrN2O2/c1-14-9(13)8(10)7-12-5-2-3-11-4-6-12/h8,11H,2-7H2,1H3. The second-order valence-corrected chi connectivity index (χ2v) is 4.50. The summed E-state index contributed by atoms with van der Waals surface area (Å²) in [6.07, 6.45) is 1.14. The van der Waals surface area contributed by atoms with Crippen molar-refractivity contribution in [2.45, 2.75) is 11.2 Å². The van der Waals surface area contributed by atoms with Crippen LogP contribution in [0.25, 0.3) is 0 Å². The minimum atomic E-state index is -0.203. The maximum absolute atomic E-state index is 11.2. The molecule has 0 radical (unpaired) electrons. The third kappa shape index (κ3) is 3.94. The fourth-order valence-electron chi connectivity index (χ4n) is 1.51. The van der Waals surface area contributed by atoms with E-state index in [0.717, 1.165) is 39.1 Å². The summed E-state index contributed by atoms with van der Waals surface area (Å²) >= 11 is 3.33. The molecule has 1 unspecified atom stereocenters. The maximum atomic E-state index is 11.2. The first kappa shape index (κ1) is 11.9. The molecule has 1 atom stereocenters. The molecule has 14 heavy (non-hydrogen) atoms. The van der Waals surface area contributed by atoms with Crippen molar-refractivity contribution in [3.63, 3.8) is 0 Å². The second kappa shape index (κ2) is 6.37. The quantitative estimate of drug-likeness (QED) is 0.585. The molecule has 1 rings (SSSR count). The zero-order valence-corrected chi connectivity index (χ0v) is 10.0. The molecule has 0 aromatic rings. The van der Waals surface area contributed by atoms with Crippen LogP contribution in [0, 0.1) is 0 Å². The molecule has 1 fully saturated rings. The number of nitrogens with one attached hydrogen (secondary N) is 1. The number of carbonyl (C=O) groups is 1. The lowest BCUT2D eigenvalue weighted by atomic mass is 10.3. The molecule has 0 aliphatic carbocycles. The molecule has 0 bridgehead atoms. The van der Waals surface area contributed by atoms with Gasteiger partial charge in [-0.05, 0) is 19.5 Å². The Bertz CT molecular complexity index is 182. The summed E-state index contributed by atoms with van der Waals surface area (Å²) in [5.74, 6) is -0.192. The van der Waals surface area contributed by atoms with E-state index in [4.69, 9.17) is 0 Å². The van der Waals surface area contributed by atoms with Crippen LogP contribution in [0.3, 0.4) is 0 Å². The highest BCUT2D eigenvalue weighted by Crippen LogP contribution is 2.06. The number of esters is 1. The normalized spacial score (nSPS) is 21.3. The summed E-state index contributed by atoms with van der Waals surface area (Å²) < 4.78 is 4.66. The van der Waals surface area contributed by atoms with E-state index in [0.29, 0.717) is 0 Å². The largest absolute Gasteiger partial charge is 0.468 e. The van der Waals surface area contributed by atoms with Crippen molar-refractivity contribution in [1.29, 1.82) is 0 Å². The van der Waals surface area contributed by atoms with E-state index >= 15 is 0 Å². The third-order valence-corrected chi connectivity index (χ3v) is 2.97. The number of hydrogen-bond donors (Lipinski definition) is 1. The van der Waals surface area contributed by atoms with Gasteiger partial charge in [0.15, 0.2) is 0 Å². The van der Waals surface area contributed by atoms with Crippen molar-refractivity contribution in [2.75, 3.05) is 39.8 Å². The summed E-state index contributed by atoms with van der Waals surface area (Å²) in [7, 11) is 1.42. The van der Waals surface area contributed by atoms with Crippen LogP contribution in [-0.2, 0) is 9.53 Å². The molecular formula is C9H17BrN2O2. The molecular weight excluding hydrogens is 248 g/mol. The van der Waals surface area contributed by atoms with Gasteiger partial charge in [-0.15, -0.1) is 0 Å². The Morgan fingerprint density at radius 1 is 1.57 bits per heavy atom.